The Morgan fingerprint density at radius 1 is 0.867 bits per heavy atom. The molecular formula is C14H14N. The Morgan fingerprint density at radius 3 is 2.20 bits per heavy atom. The average Bonchev–Trinajstić information content (AvgIpc) is 2.30. The summed E-state index contributed by atoms with van der Waals surface area (Å²) in [4.78, 5) is 0. The molecular weight excluding hydrogens is 182 g/mol. The normalized spacial score (nSPS) is 9.93. The molecule has 0 aromatic heterocycles. The van der Waals surface area contributed by atoms with Gasteiger partial charge in [0.2, 0.25) is 0 Å². The highest BCUT2D eigenvalue weighted by molar-refractivity contribution is 5.37. The summed E-state index contributed by atoms with van der Waals surface area (Å²) in [7, 11) is 0. The molecule has 0 amide bonds. The predicted octanol–water partition coefficient (Wildman–Crippen LogP) is 3.43. The maximum Gasteiger partial charge on any atom is 0.0646 e. The van der Waals surface area contributed by atoms with Crippen molar-refractivity contribution in [2.75, 3.05) is 0 Å². The van der Waals surface area contributed by atoms with Crippen LogP contribution in [0.5, 0.6) is 0 Å². The molecule has 1 radical (unpaired) electrons. The van der Waals surface area contributed by atoms with Crippen LogP contribution in [-0.4, -0.2) is 0 Å². The number of hydrogen-bond acceptors (Lipinski definition) is 0. The molecule has 0 aliphatic carbocycles. The van der Waals surface area contributed by atoms with Gasteiger partial charge in [-0.15, -0.1) is 0 Å². The zero-order chi connectivity index (χ0) is 10.5. The number of aryl methyl sites for hydroxylation is 1. The lowest BCUT2D eigenvalue weighted by atomic mass is 10.2. The second kappa shape index (κ2) is 4.65. The molecule has 2 aromatic carbocycles. The summed E-state index contributed by atoms with van der Waals surface area (Å²) in [6.07, 6.45) is 0. The van der Waals surface area contributed by atoms with E-state index in [9.17, 15) is 0 Å². The minimum absolute atomic E-state index is 0.754. The second-order valence-electron chi connectivity index (χ2n) is 3.64. The van der Waals surface area contributed by atoms with Crippen LogP contribution in [0.3, 0.4) is 0 Å². The van der Waals surface area contributed by atoms with Gasteiger partial charge in [0.15, 0.2) is 0 Å². The monoisotopic (exact) mass is 196 g/mol. The van der Waals surface area contributed by atoms with E-state index in [0.717, 1.165) is 12.2 Å². The van der Waals surface area contributed by atoms with Crippen LogP contribution in [0.25, 0.3) is 0 Å². The predicted molar refractivity (Wildman–Crippen MR) is 63.1 cm³/mol. The molecule has 0 aliphatic rings. The van der Waals surface area contributed by atoms with Crippen LogP contribution in [0.2, 0.25) is 0 Å². The summed E-state index contributed by atoms with van der Waals surface area (Å²) < 4.78 is 0. The molecule has 75 valence electrons. The largest absolute Gasteiger partial charge is 0.281 e. The van der Waals surface area contributed by atoms with E-state index in [2.05, 4.69) is 48.6 Å². The van der Waals surface area contributed by atoms with Crippen molar-refractivity contribution >= 4 is 5.69 Å². The zero-order valence-electron chi connectivity index (χ0n) is 8.85. The molecule has 0 unspecified atom stereocenters. The molecule has 1 heteroatoms. The van der Waals surface area contributed by atoms with E-state index in [4.69, 9.17) is 0 Å². The minimum atomic E-state index is 0.754. The first-order chi connectivity index (χ1) is 7.34. The lowest BCUT2D eigenvalue weighted by Gasteiger charge is -2.03. The van der Waals surface area contributed by atoms with Crippen molar-refractivity contribution in [3.05, 3.63) is 65.7 Å². The topological polar surface area (TPSA) is 14.1 Å². The van der Waals surface area contributed by atoms with Crippen LogP contribution in [0.15, 0.2) is 54.6 Å². The van der Waals surface area contributed by atoms with Crippen LogP contribution >= 0.6 is 0 Å². The first-order valence-electron chi connectivity index (χ1n) is 5.13. The van der Waals surface area contributed by atoms with Gasteiger partial charge < -0.3 is 0 Å². The fourth-order valence-electron chi connectivity index (χ4n) is 1.42. The van der Waals surface area contributed by atoms with Gasteiger partial charge >= 0.3 is 0 Å². The fraction of sp³-hybridized carbons (Fsp3) is 0.143. The van der Waals surface area contributed by atoms with Crippen LogP contribution < -0.4 is 5.32 Å². The summed E-state index contributed by atoms with van der Waals surface area (Å²) in [6, 6.07) is 18.6. The molecule has 0 aliphatic heterocycles. The zero-order valence-corrected chi connectivity index (χ0v) is 8.85. The van der Waals surface area contributed by atoms with E-state index in [1.807, 2.05) is 18.2 Å². The quantitative estimate of drug-likeness (QED) is 0.714. The highest BCUT2D eigenvalue weighted by atomic mass is 14.9. The molecule has 0 bridgehead atoms. The summed E-state index contributed by atoms with van der Waals surface area (Å²) in [5.74, 6) is 0. The average molecular weight is 196 g/mol. The first-order valence-corrected chi connectivity index (χ1v) is 5.13. The van der Waals surface area contributed by atoms with E-state index < -0.39 is 0 Å². The third-order valence-electron chi connectivity index (χ3n) is 2.32. The van der Waals surface area contributed by atoms with Gasteiger partial charge in [0, 0.05) is 0 Å². The number of hydrogen-bond donors (Lipinski definition) is 0. The maximum absolute atomic E-state index is 4.52. The number of nitrogens with zero attached hydrogens (tertiary/aromatic N) is 1. The van der Waals surface area contributed by atoms with Gasteiger partial charge in [0.25, 0.3) is 0 Å². The molecule has 0 spiro atoms. The van der Waals surface area contributed by atoms with Crippen LogP contribution in [0, 0.1) is 6.92 Å². The Bertz CT molecular complexity index is 403. The molecule has 15 heavy (non-hydrogen) atoms. The smallest absolute Gasteiger partial charge is 0.0646 e. The second-order valence-corrected chi connectivity index (χ2v) is 3.64. The Morgan fingerprint density at radius 2 is 1.53 bits per heavy atom. The van der Waals surface area contributed by atoms with Crippen molar-refractivity contribution in [2.45, 2.75) is 13.5 Å². The van der Waals surface area contributed by atoms with Crippen molar-refractivity contribution in [3.8, 4) is 0 Å². The third-order valence-corrected chi connectivity index (χ3v) is 2.32. The fourth-order valence-corrected chi connectivity index (χ4v) is 1.42. The third kappa shape index (κ3) is 2.84. The van der Waals surface area contributed by atoms with E-state index >= 15 is 0 Å². The molecule has 0 atom stereocenters. The Kier molecular flexibility index (Phi) is 3.03. The maximum atomic E-state index is 4.52. The van der Waals surface area contributed by atoms with Gasteiger partial charge in [-0.05, 0) is 24.6 Å². The number of rotatable bonds is 3. The lowest BCUT2D eigenvalue weighted by Crippen LogP contribution is -1.97. The van der Waals surface area contributed by atoms with Gasteiger partial charge in [-0.25, -0.2) is 0 Å². The Hall–Kier alpha value is -1.76. The molecule has 2 aromatic rings. The van der Waals surface area contributed by atoms with E-state index in [0.29, 0.717) is 0 Å². The first kappa shape index (κ1) is 9.78. The summed E-state index contributed by atoms with van der Waals surface area (Å²) in [6.45, 7) is 2.84. The van der Waals surface area contributed by atoms with Crippen LogP contribution in [0.4, 0.5) is 5.69 Å². The van der Waals surface area contributed by atoms with Gasteiger partial charge in [0.1, 0.15) is 0 Å². The Labute approximate surface area is 90.8 Å². The lowest BCUT2D eigenvalue weighted by molar-refractivity contribution is 0.863. The molecule has 0 saturated carbocycles. The van der Waals surface area contributed by atoms with Gasteiger partial charge in [-0.3, -0.25) is 5.32 Å². The van der Waals surface area contributed by atoms with E-state index in [-0.39, 0.29) is 0 Å². The van der Waals surface area contributed by atoms with Gasteiger partial charge in [-0.2, -0.15) is 0 Å². The van der Waals surface area contributed by atoms with Crippen molar-refractivity contribution < 1.29 is 0 Å². The highest BCUT2D eigenvalue weighted by Gasteiger charge is 1.94. The van der Waals surface area contributed by atoms with Gasteiger partial charge in [0.05, 0.1) is 12.2 Å². The molecule has 1 nitrogen and oxygen atoms in total. The summed E-state index contributed by atoms with van der Waals surface area (Å²) in [5.41, 5.74) is 3.57. The highest BCUT2D eigenvalue weighted by Crippen LogP contribution is 2.10. The van der Waals surface area contributed by atoms with Crippen LogP contribution in [-0.2, 0) is 6.54 Å². The van der Waals surface area contributed by atoms with E-state index in [1.54, 1.807) is 0 Å². The standard InChI is InChI=1S/C14H14N/c1-12-7-9-14(10-8-12)15-11-13-5-3-2-4-6-13/h2-10H,11H2,1H3. The minimum Gasteiger partial charge on any atom is -0.281 e. The SMILES string of the molecule is Cc1ccc([N]Cc2ccccc2)cc1. The van der Waals surface area contributed by atoms with Crippen LogP contribution in [0.1, 0.15) is 11.1 Å². The molecule has 0 N–H and O–H groups in total. The molecule has 2 rings (SSSR count). The van der Waals surface area contributed by atoms with Crippen molar-refractivity contribution in [1.82, 2.24) is 5.32 Å². The number of benzene rings is 2. The van der Waals surface area contributed by atoms with E-state index in [1.165, 1.54) is 11.1 Å². The van der Waals surface area contributed by atoms with Crippen molar-refractivity contribution in [2.24, 2.45) is 0 Å². The molecule has 0 saturated heterocycles. The molecule has 0 heterocycles. The Balaban J connectivity index is 1.96. The molecule has 0 fully saturated rings. The van der Waals surface area contributed by atoms with Gasteiger partial charge in [-0.1, -0.05) is 48.0 Å². The van der Waals surface area contributed by atoms with Crippen molar-refractivity contribution in [1.29, 1.82) is 0 Å². The summed E-state index contributed by atoms with van der Waals surface area (Å²) in [5, 5.41) is 4.52. The van der Waals surface area contributed by atoms with Crippen molar-refractivity contribution in [3.63, 3.8) is 0 Å². The summed E-state index contributed by atoms with van der Waals surface area (Å²) >= 11 is 0.